The van der Waals surface area contributed by atoms with Crippen LogP contribution >= 0.6 is 15.9 Å². The van der Waals surface area contributed by atoms with Crippen molar-refractivity contribution in [2.24, 2.45) is 0 Å². The van der Waals surface area contributed by atoms with Gasteiger partial charge in [0.15, 0.2) is 0 Å². The van der Waals surface area contributed by atoms with Gasteiger partial charge in [0.05, 0.1) is 0 Å². The van der Waals surface area contributed by atoms with Gasteiger partial charge in [-0.15, -0.1) is 0 Å². The quantitative estimate of drug-likeness (QED) is 0.144. The van der Waals surface area contributed by atoms with E-state index < -0.39 is 7.12 Å². The van der Waals surface area contributed by atoms with Crippen LogP contribution < -0.4 is 5.66 Å². The summed E-state index contributed by atoms with van der Waals surface area (Å²) in [6.45, 7) is 6.75. The average Bonchev–Trinajstić information content (AvgIpc) is 3.93. The summed E-state index contributed by atoms with van der Waals surface area (Å²) in [5.41, 5.74) is 5.56. The number of likely N-dealkylation sites (tertiary alicyclic amines) is 2. The van der Waals surface area contributed by atoms with E-state index in [4.69, 9.17) is 18.9 Å². The van der Waals surface area contributed by atoms with Crippen LogP contribution in [0.1, 0.15) is 36.8 Å². The van der Waals surface area contributed by atoms with Gasteiger partial charge >= 0.3 is 7.12 Å². The minimum absolute atomic E-state index is 0.177. The first-order valence-corrected chi connectivity index (χ1v) is 22.4. The lowest BCUT2D eigenvalue weighted by atomic mass is 9.88. The van der Waals surface area contributed by atoms with Crippen LogP contribution in [-0.2, 0) is 13.1 Å². The highest BCUT2D eigenvalue weighted by Crippen LogP contribution is 2.33. The predicted molar refractivity (Wildman–Crippen MR) is 256 cm³/mol. The lowest BCUT2D eigenvalue weighted by molar-refractivity contribution is 0.140. The number of rotatable bonds is 8. The summed E-state index contributed by atoms with van der Waals surface area (Å²) in [6, 6.07) is 34.1. The molecule has 10 rings (SSSR count). The molecule has 0 aliphatic carbocycles. The summed E-state index contributed by atoms with van der Waals surface area (Å²) in [6.07, 6.45) is 12.7. The highest BCUT2D eigenvalue weighted by Gasteiger charge is 2.22. The Kier molecular flexibility index (Phi) is 14.2. The zero-order chi connectivity index (χ0) is 43.2. The third-order valence-corrected chi connectivity index (χ3v) is 13.0. The van der Waals surface area contributed by atoms with E-state index in [1.54, 1.807) is 12.1 Å². The van der Waals surface area contributed by atoms with Crippen molar-refractivity contribution in [3.8, 4) is 11.3 Å². The van der Waals surface area contributed by atoms with Crippen molar-refractivity contribution in [2.45, 2.75) is 50.9 Å². The van der Waals surface area contributed by atoms with Gasteiger partial charge in [-0.25, -0.2) is 0 Å². The van der Waals surface area contributed by atoms with Crippen LogP contribution in [0, 0.1) is 0 Å². The van der Waals surface area contributed by atoms with Gasteiger partial charge in [0.2, 0.25) is 0 Å². The minimum atomic E-state index is -1.53. The summed E-state index contributed by atoms with van der Waals surface area (Å²) in [4.78, 5) is 18.5. The molecule has 2 aliphatic heterocycles. The van der Waals surface area contributed by atoms with Crippen molar-refractivity contribution in [1.82, 2.24) is 29.6 Å². The summed E-state index contributed by atoms with van der Waals surface area (Å²) >= 11 is 3.60. The fraction of sp³-hybridized carbons (Fsp3) is 0.320. The van der Waals surface area contributed by atoms with Gasteiger partial charge in [-0.05, 0) is 154 Å². The maximum atomic E-state index is 8.79. The van der Waals surface area contributed by atoms with Gasteiger partial charge in [0, 0.05) is 81.5 Å². The number of halogens is 1. The lowest BCUT2D eigenvalue weighted by Gasteiger charge is -2.35. The van der Waals surface area contributed by atoms with Crippen molar-refractivity contribution < 1.29 is 18.9 Å². The Hall–Kier alpha value is -4.92. The molecule has 0 spiro atoms. The van der Waals surface area contributed by atoms with Crippen LogP contribution in [0.15, 0.2) is 135 Å². The fourth-order valence-corrected chi connectivity index (χ4v) is 9.19. The molecular formula is C50H56BBrN6O4. The second kappa shape index (κ2) is 20.1. The number of aromatic nitrogens is 2. The highest BCUT2D eigenvalue weighted by atomic mass is 79.9. The number of furan rings is 2. The molecule has 6 heterocycles. The molecule has 0 radical (unpaired) electrons. The Balaban J connectivity index is 0.000000140. The number of hydrogen-bond donors (Lipinski definition) is 2. The second-order valence-electron chi connectivity index (χ2n) is 17.1. The molecule has 12 heteroatoms. The molecule has 0 amide bonds. The summed E-state index contributed by atoms with van der Waals surface area (Å²) in [5.74, 6) is 0.883. The van der Waals surface area contributed by atoms with E-state index in [0.717, 1.165) is 69.8 Å². The predicted octanol–water partition coefficient (Wildman–Crippen LogP) is 8.81. The number of para-hydroxylation sites is 2. The standard InChI is InChI=1S/C25H27N3O.C17H22BrN3.C8H7BO3/c1-27(2)21-9-11-28(12-10-21)17-18-7-8-20-15-26-16-23(22(20)13-18)25-14-19-5-3-4-6-24(19)29-25;1-20(2)15-5-7-21(8-6-15)12-13-3-4-14-10-19-11-17(18)16(14)9-13;10-9(11)8-5-6-3-1-2-4-7(6)12-8/h3-8,13-16,21H,9-12,17H2,1-2H3;3-4,9-11,15H,5-8,12H2,1-2H3;1-5,10-11H. The molecule has 4 aromatic carbocycles. The van der Waals surface area contributed by atoms with Crippen LogP contribution in [0.2, 0.25) is 0 Å². The highest BCUT2D eigenvalue weighted by molar-refractivity contribution is 9.10. The maximum absolute atomic E-state index is 8.79. The van der Waals surface area contributed by atoms with E-state index in [1.165, 1.54) is 66.1 Å². The topological polar surface area (TPSA) is 105 Å². The van der Waals surface area contributed by atoms with Crippen LogP contribution in [0.4, 0.5) is 0 Å². The summed E-state index contributed by atoms with van der Waals surface area (Å²) in [5, 5.41) is 24.4. The van der Waals surface area contributed by atoms with E-state index in [0.29, 0.717) is 11.6 Å². The Labute approximate surface area is 373 Å². The third-order valence-electron chi connectivity index (χ3n) is 12.4. The molecule has 0 saturated carbocycles. The molecule has 62 heavy (non-hydrogen) atoms. The van der Waals surface area contributed by atoms with Gasteiger partial charge < -0.3 is 28.7 Å². The normalized spacial score (nSPS) is 15.6. The molecule has 0 unspecified atom stereocenters. The number of nitrogens with zero attached hydrogens (tertiary/aromatic N) is 6. The molecule has 10 nitrogen and oxygen atoms in total. The van der Waals surface area contributed by atoms with Gasteiger partial charge in [-0.1, -0.05) is 60.7 Å². The first kappa shape index (κ1) is 43.7. The molecule has 0 atom stereocenters. The Morgan fingerprint density at radius 3 is 1.63 bits per heavy atom. The van der Waals surface area contributed by atoms with Crippen LogP contribution in [-0.4, -0.2) is 113 Å². The maximum Gasteiger partial charge on any atom is 0.526 e. The molecule has 2 N–H and O–H groups in total. The number of fused-ring (bicyclic) bond motifs is 4. The van der Waals surface area contributed by atoms with Crippen molar-refractivity contribution in [1.29, 1.82) is 0 Å². The number of benzene rings is 4. The SMILES string of the molecule is CN(C)C1CCN(Cc2ccc3cncc(-c4cc5ccccc5o4)c3c2)CC1.CN(C)C1CCN(Cc2ccc3cncc(Br)c3c2)CC1.OB(O)c1cc2ccccc2o1. The van der Waals surface area contributed by atoms with Crippen molar-refractivity contribution in [3.63, 3.8) is 0 Å². The molecular weight excluding hydrogens is 839 g/mol. The third kappa shape index (κ3) is 10.6. The van der Waals surface area contributed by atoms with E-state index in [2.05, 4.69) is 122 Å². The number of pyridine rings is 2. The molecule has 2 saturated heterocycles. The molecule has 2 fully saturated rings. The molecule has 8 aromatic rings. The monoisotopic (exact) mass is 894 g/mol. The fourth-order valence-electron chi connectivity index (χ4n) is 8.73. The van der Waals surface area contributed by atoms with Gasteiger partial charge in [0.25, 0.3) is 0 Å². The first-order chi connectivity index (χ1) is 30.1. The lowest BCUT2D eigenvalue weighted by Crippen LogP contribution is -2.41. The zero-order valence-corrected chi connectivity index (χ0v) is 37.7. The molecule has 0 bridgehead atoms. The van der Waals surface area contributed by atoms with Gasteiger partial charge in [-0.2, -0.15) is 0 Å². The van der Waals surface area contributed by atoms with Crippen LogP contribution in [0.25, 0.3) is 54.8 Å². The number of hydrogen-bond acceptors (Lipinski definition) is 10. The van der Waals surface area contributed by atoms with Crippen molar-refractivity contribution in [3.05, 3.63) is 137 Å². The van der Waals surface area contributed by atoms with E-state index in [-0.39, 0.29) is 5.66 Å². The van der Waals surface area contributed by atoms with Crippen molar-refractivity contribution >= 4 is 72.2 Å². The molecule has 4 aromatic heterocycles. The van der Waals surface area contributed by atoms with Crippen LogP contribution in [0.5, 0.6) is 0 Å². The van der Waals surface area contributed by atoms with E-state index in [1.807, 2.05) is 61.2 Å². The zero-order valence-electron chi connectivity index (χ0n) is 36.1. The minimum Gasteiger partial charge on any atom is -0.465 e. The Bertz CT molecular complexity index is 2650. The van der Waals surface area contributed by atoms with Gasteiger partial charge in [-0.3, -0.25) is 19.8 Å². The largest absolute Gasteiger partial charge is 0.526 e. The first-order valence-electron chi connectivity index (χ1n) is 21.6. The Morgan fingerprint density at radius 2 is 1.10 bits per heavy atom. The average molecular weight is 896 g/mol. The van der Waals surface area contributed by atoms with Crippen molar-refractivity contribution in [2.75, 3.05) is 54.4 Å². The van der Waals surface area contributed by atoms with E-state index in [9.17, 15) is 0 Å². The van der Waals surface area contributed by atoms with Gasteiger partial charge in [0.1, 0.15) is 22.6 Å². The Morgan fingerprint density at radius 1 is 0.597 bits per heavy atom. The summed E-state index contributed by atoms with van der Waals surface area (Å²) < 4.78 is 12.3. The van der Waals surface area contributed by atoms with Crippen LogP contribution in [0.3, 0.4) is 0 Å². The smallest absolute Gasteiger partial charge is 0.465 e. The second-order valence-corrected chi connectivity index (χ2v) is 17.9. The molecule has 320 valence electrons. The van der Waals surface area contributed by atoms with E-state index >= 15 is 0 Å². The number of piperidine rings is 2. The summed E-state index contributed by atoms with van der Waals surface area (Å²) in [7, 11) is 7.23. The molecule has 2 aliphatic rings.